The molecule has 2 amide bonds. The number of halogens is 2. The van der Waals surface area contributed by atoms with E-state index in [4.69, 9.17) is 0 Å². The second-order valence-electron chi connectivity index (χ2n) is 8.77. The molecule has 2 aromatic rings. The molecule has 2 aliphatic heterocycles. The predicted molar refractivity (Wildman–Crippen MR) is 127 cm³/mol. The molecule has 0 bridgehead atoms. The summed E-state index contributed by atoms with van der Waals surface area (Å²) >= 11 is 0. The molecule has 0 radical (unpaired) electrons. The standard InChI is InChI=1S/C26H30F2N4O/c1-4-17-9-11-18(12-10-17)19-13-20(16-32(15-19)26(33)31(3)5-2)23-14-29-25(30-23)24-21(27)7-6-8-22(24)28/h6-12,19-20H,4-5,13-16H2,1-3H3. The van der Waals surface area contributed by atoms with Crippen molar-refractivity contribution in [1.29, 1.82) is 0 Å². The van der Waals surface area contributed by atoms with Crippen molar-refractivity contribution in [2.24, 2.45) is 15.9 Å². The number of aliphatic imine (C=N–C) groups is 2. The monoisotopic (exact) mass is 452 g/mol. The van der Waals surface area contributed by atoms with E-state index in [1.165, 1.54) is 29.3 Å². The highest BCUT2D eigenvalue weighted by Gasteiger charge is 2.35. The van der Waals surface area contributed by atoms with Crippen molar-refractivity contribution in [3.8, 4) is 0 Å². The van der Waals surface area contributed by atoms with Crippen LogP contribution < -0.4 is 0 Å². The van der Waals surface area contributed by atoms with Crippen LogP contribution >= 0.6 is 0 Å². The summed E-state index contributed by atoms with van der Waals surface area (Å²) in [6.07, 6.45) is 1.79. The fourth-order valence-electron chi connectivity index (χ4n) is 4.57. The topological polar surface area (TPSA) is 48.3 Å². The molecule has 0 N–H and O–H groups in total. The molecule has 1 fully saturated rings. The molecule has 0 spiro atoms. The zero-order valence-electron chi connectivity index (χ0n) is 19.4. The van der Waals surface area contributed by atoms with Crippen molar-refractivity contribution in [2.75, 3.05) is 33.2 Å². The Bertz CT molecular complexity index is 1060. The van der Waals surface area contributed by atoms with Crippen LogP contribution in [0.1, 0.15) is 42.9 Å². The number of benzene rings is 2. The van der Waals surface area contributed by atoms with Gasteiger partial charge in [0.1, 0.15) is 11.6 Å². The quantitative estimate of drug-likeness (QED) is 0.636. The number of urea groups is 1. The largest absolute Gasteiger partial charge is 0.328 e. The Balaban J connectivity index is 1.61. The molecule has 2 aromatic carbocycles. The number of aryl methyl sites for hydroxylation is 1. The van der Waals surface area contributed by atoms with Gasteiger partial charge in [-0.15, -0.1) is 0 Å². The molecule has 0 aromatic heterocycles. The van der Waals surface area contributed by atoms with Crippen LogP contribution in [0.15, 0.2) is 52.4 Å². The molecule has 2 unspecified atom stereocenters. The van der Waals surface area contributed by atoms with E-state index in [1.807, 2.05) is 11.8 Å². The maximum Gasteiger partial charge on any atom is 0.319 e. The SMILES string of the molecule is CCc1ccc(C2CC(C3=NC(c4c(F)cccc4F)=NC3)CN(C(=O)N(C)CC)C2)cc1. The Kier molecular flexibility index (Phi) is 6.86. The Morgan fingerprint density at radius 3 is 2.36 bits per heavy atom. The number of rotatable bonds is 5. The van der Waals surface area contributed by atoms with E-state index in [1.54, 1.807) is 11.9 Å². The molecule has 5 nitrogen and oxygen atoms in total. The van der Waals surface area contributed by atoms with Gasteiger partial charge >= 0.3 is 6.03 Å². The van der Waals surface area contributed by atoms with Gasteiger partial charge in [0.2, 0.25) is 0 Å². The molecule has 7 heteroatoms. The molecular formula is C26H30F2N4O. The predicted octanol–water partition coefficient (Wildman–Crippen LogP) is 4.91. The Morgan fingerprint density at radius 2 is 1.73 bits per heavy atom. The fraction of sp³-hybridized carbons (Fsp3) is 0.423. The van der Waals surface area contributed by atoms with Crippen molar-refractivity contribution in [1.82, 2.24) is 9.80 Å². The van der Waals surface area contributed by atoms with E-state index >= 15 is 0 Å². The van der Waals surface area contributed by atoms with Crippen LogP contribution in [0, 0.1) is 17.6 Å². The first-order chi connectivity index (χ1) is 15.9. The Morgan fingerprint density at radius 1 is 1.06 bits per heavy atom. The van der Waals surface area contributed by atoms with Crippen molar-refractivity contribution in [3.05, 3.63) is 70.8 Å². The molecule has 2 heterocycles. The summed E-state index contributed by atoms with van der Waals surface area (Å²) < 4.78 is 28.5. The minimum atomic E-state index is -0.669. The maximum absolute atomic E-state index is 14.3. The summed E-state index contributed by atoms with van der Waals surface area (Å²) in [4.78, 5) is 25.5. The zero-order chi connectivity index (χ0) is 23.5. The number of carbonyl (C=O) groups is 1. The lowest BCUT2D eigenvalue weighted by molar-refractivity contribution is 0.141. The van der Waals surface area contributed by atoms with Gasteiger partial charge in [-0.05, 0) is 43.0 Å². The summed E-state index contributed by atoms with van der Waals surface area (Å²) in [6.45, 7) is 6.14. The number of hydrogen-bond donors (Lipinski definition) is 0. The van der Waals surface area contributed by atoms with E-state index < -0.39 is 11.6 Å². The lowest BCUT2D eigenvalue weighted by Gasteiger charge is -2.39. The third-order valence-electron chi connectivity index (χ3n) is 6.68. The van der Waals surface area contributed by atoms with Gasteiger partial charge in [0, 0.05) is 44.2 Å². The van der Waals surface area contributed by atoms with Gasteiger partial charge in [0.15, 0.2) is 5.84 Å². The van der Waals surface area contributed by atoms with Crippen LogP contribution in [-0.4, -0.2) is 60.6 Å². The first-order valence-electron chi connectivity index (χ1n) is 11.6. The number of nitrogens with zero attached hydrogens (tertiary/aromatic N) is 4. The highest BCUT2D eigenvalue weighted by molar-refractivity contribution is 6.12. The van der Waals surface area contributed by atoms with Gasteiger partial charge in [0.05, 0.1) is 12.1 Å². The van der Waals surface area contributed by atoms with Crippen LogP contribution in [-0.2, 0) is 6.42 Å². The fourth-order valence-corrected chi connectivity index (χ4v) is 4.57. The minimum absolute atomic E-state index is 0.0164. The van der Waals surface area contributed by atoms with Crippen molar-refractivity contribution < 1.29 is 13.6 Å². The molecule has 174 valence electrons. The molecular weight excluding hydrogens is 422 g/mol. The van der Waals surface area contributed by atoms with Crippen molar-refractivity contribution in [3.63, 3.8) is 0 Å². The molecule has 2 atom stereocenters. The smallest absolute Gasteiger partial charge is 0.319 e. The molecule has 0 aliphatic carbocycles. The van der Waals surface area contributed by atoms with Gasteiger partial charge in [-0.1, -0.05) is 37.3 Å². The molecule has 4 rings (SSSR count). The van der Waals surface area contributed by atoms with Crippen LogP contribution in [0.25, 0.3) is 0 Å². The molecule has 0 saturated carbocycles. The average Bonchev–Trinajstić information content (AvgIpc) is 3.32. The van der Waals surface area contributed by atoms with Crippen LogP contribution in [0.4, 0.5) is 13.6 Å². The summed E-state index contributed by atoms with van der Waals surface area (Å²) in [5, 5.41) is 0. The summed E-state index contributed by atoms with van der Waals surface area (Å²) in [6, 6.07) is 12.3. The van der Waals surface area contributed by atoms with Gasteiger partial charge in [0.25, 0.3) is 0 Å². The summed E-state index contributed by atoms with van der Waals surface area (Å²) in [5.41, 5.74) is 3.05. The highest BCUT2D eigenvalue weighted by Crippen LogP contribution is 2.33. The lowest BCUT2D eigenvalue weighted by Crippen LogP contribution is -2.50. The maximum atomic E-state index is 14.3. The van der Waals surface area contributed by atoms with Crippen LogP contribution in [0.5, 0.6) is 0 Å². The average molecular weight is 453 g/mol. The second kappa shape index (κ2) is 9.81. The second-order valence-corrected chi connectivity index (χ2v) is 8.77. The first kappa shape index (κ1) is 23.1. The molecule has 1 saturated heterocycles. The summed E-state index contributed by atoms with van der Waals surface area (Å²) in [7, 11) is 1.80. The summed E-state index contributed by atoms with van der Waals surface area (Å²) in [5.74, 6) is -1.12. The number of carbonyl (C=O) groups excluding carboxylic acids is 1. The molecule has 33 heavy (non-hydrogen) atoms. The van der Waals surface area contributed by atoms with Gasteiger partial charge < -0.3 is 9.80 Å². The zero-order valence-corrected chi connectivity index (χ0v) is 19.4. The number of likely N-dealkylation sites (tertiary alicyclic amines) is 1. The van der Waals surface area contributed by atoms with Gasteiger partial charge in [-0.2, -0.15) is 0 Å². The van der Waals surface area contributed by atoms with Gasteiger partial charge in [-0.3, -0.25) is 4.99 Å². The number of amides is 2. The normalized spacial score (nSPS) is 20.5. The highest BCUT2D eigenvalue weighted by atomic mass is 19.1. The van der Waals surface area contributed by atoms with Crippen LogP contribution in [0.3, 0.4) is 0 Å². The van der Waals surface area contributed by atoms with Crippen molar-refractivity contribution >= 4 is 17.6 Å². The number of piperidine rings is 1. The van der Waals surface area contributed by atoms with Crippen molar-refractivity contribution in [2.45, 2.75) is 32.6 Å². The number of hydrogen-bond acceptors (Lipinski definition) is 3. The lowest BCUT2D eigenvalue weighted by atomic mass is 9.82. The van der Waals surface area contributed by atoms with E-state index in [-0.39, 0.29) is 29.3 Å². The third-order valence-corrected chi connectivity index (χ3v) is 6.68. The molecule has 2 aliphatic rings. The van der Waals surface area contributed by atoms with E-state index in [9.17, 15) is 13.6 Å². The van der Waals surface area contributed by atoms with E-state index in [2.05, 4.69) is 41.2 Å². The van der Waals surface area contributed by atoms with Gasteiger partial charge in [-0.25, -0.2) is 18.6 Å². The van der Waals surface area contributed by atoms with E-state index in [0.29, 0.717) is 26.2 Å². The Labute approximate surface area is 193 Å². The third kappa shape index (κ3) is 4.82. The van der Waals surface area contributed by atoms with E-state index in [0.717, 1.165) is 18.6 Å². The van der Waals surface area contributed by atoms with Crippen LogP contribution in [0.2, 0.25) is 0 Å². The Hall–Kier alpha value is -3.09. The number of amidine groups is 1. The minimum Gasteiger partial charge on any atom is -0.328 e. The first-order valence-corrected chi connectivity index (χ1v) is 11.6.